The van der Waals surface area contributed by atoms with Gasteiger partial charge in [-0.2, -0.15) is 0 Å². The number of rotatable bonds is 6. The van der Waals surface area contributed by atoms with Gasteiger partial charge in [0.25, 0.3) is 0 Å². The molecular formula is C15H22BrNO2. The quantitative estimate of drug-likeness (QED) is 0.869. The lowest BCUT2D eigenvalue weighted by molar-refractivity contribution is -0.104. The van der Waals surface area contributed by atoms with Gasteiger partial charge in [-0.25, -0.2) is 0 Å². The van der Waals surface area contributed by atoms with Gasteiger partial charge in [-0.3, -0.25) is 0 Å². The molecule has 3 unspecified atom stereocenters. The van der Waals surface area contributed by atoms with Crippen LogP contribution in [-0.2, 0) is 4.74 Å². The predicted octanol–water partition coefficient (Wildman–Crippen LogP) is 3.29. The molecule has 1 aromatic carbocycles. The highest BCUT2D eigenvalue weighted by atomic mass is 79.9. The number of halogens is 1. The van der Waals surface area contributed by atoms with Gasteiger partial charge in [-0.15, -0.1) is 0 Å². The maximum absolute atomic E-state index is 6.07. The Bertz CT molecular complexity index is 425. The van der Waals surface area contributed by atoms with Crippen molar-refractivity contribution in [1.82, 2.24) is 5.32 Å². The highest BCUT2D eigenvalue weighted by Gasteiger charge is 2.43. The molecule has 4 heteroatoms. The smallest absolute Gasteiger partial charge is 0.134 e. The fraction of sp³-hybridized carbons (Fsp3) is 0.600. The Balaban J connectivity index is 1.98. The summed E-state index contributed by atoms with van der Waals surface area (Å²) < 4.78 is 12.9. The lowest BCUT2D eigenvalue weighted by Gasteiger charge is -2.44. The van der Waals surface area contributed by atoms with Crippen LogP contribution >= 0.6 is 15.9 Å². The molecule has 0 radical (unpaired) electrons. The largest absolute Gasteiger partial charge is 0.486 e. The first-order valence-corrected chi connectivity index (χ1v) is 7.72. The van der Waals surface area contributed by atoms with Crippen molar-refractivity contribution in [3.63, 3.8) is 0 Å². The number of hydrogen-bond acceptors (Lipinski definition) is 3. The van der Waals surface area contributed by atoms with E-state index in [1.165, 1.54) is 5.56 Å². The molecule has 0 saturated heterocycles. The van der Waals surface area contributed by atoms with Gasteiger partial charge < -0.3 is 14.8 Å². The third-order valence-electron chi connectivity index (χ3n) is 3.44. The first kappa shape index (κ1) is 14.8. The SMILES string of the molecule is CCNC1CC(Oc2ccc(C)cc2Br)C1OCC. The zero-order chi connectivity index (χ0) is 13.8. The normalized spacial score (nSPS) is 26.0. The molecule has 1 N–H and O–H groups in total. The molecule has 1 saturated carbocycles. The summed E-state index contributed by atoms with van der Waals surface area (Å²) >= 11 is 3.55. The molecular weight excluding hydrogens is 306 g/mol. The summed E-state index contributed by atoms with van der Waals surface area (Å²) in [5.41, 5.74) is 1.22. The van der Waals surface area contributed by atoms with E-state index in [0.717, 1.165) is 29.8 Å². The summed E-state index contributed by atoms with van der Waals surface area (Å²) in [7, 11) is 0. The van der Waals surface area contributed by atoms with Crippen molar-refractivity contribution in [1.29, 1.82) is 0 Å². The molecule has 2 rings (SSSR count). The van der Waals surface area contributed by atoms with Gasteiger partial charge >= 0.3 is 0 Å². The van der Waals surface area contributed by atoms with Gasteiger partial charge in [0.1, 0.15) is 18.0 Å². The van der Waals surface area contributed by atoms with Gasteiger partial charge in [0, 0.05) is 19.1 Å². The molecule has 0 bridgehead atoms. The molecule has 1 aromatic rings. The van der Waals surface area contributed by atoms with Crippen LogP contribution in [-0.4, -0.2) is 31.4 Å². The Hall–Kier alpha value is -0.580. The number of nitrogens with one attached hydrogen (secondary N) is 1. The van der Waals surface area contributed by atoms with Crippen LogP contribution in [0.25, 0.3) is 0 Å². The van der Waals surface area contributed by atoms with Crippen LogP contribution in [0.1, 0.15) is 25.8 Å². The maximum Gasteiger partial charge on any atom is 0.134 e. The van der Waals surface area contributed by atoms with Crippen LogP contribution in [0.5, 0.6) is 5.75 Å². The second kappa shape index (κ2) is 6.73. The van der Waals surface area contributed by atoms with Gasteiger partial charge in [0.05, 0.1) is 4.47 Å². The number of ether oxygens (including phenoxy) is 2. The second-order valence-electron chi connectivity index (χ2n) is 4.91. The minimum Gasteiger partial charge on any atom is -0.486 e. The molecule has 3 nitrogen and oxygen atoms in total. The number of benzene rings is 1. The van der Waals surface area contributed by atoms with Crippen molar-refractivity contribution in [3.05, 3.63) is 28.2 Å². The van der Waals surface area contributed by atoms with E-state index >= 15 is 0 Å². The molecule has 1 aliphatic rings. The fourth-order valence-corrected chi connectivity index (χ4v) is 3.03. The van der Waals surface area contributed by atoms with Crippen molar-refractivity contribution in [3.8, 4) is 5.75 Å². The van der Waals surface area contributed by atoms with E-state index in [2.05, 4.69) is 47.2 Å². The molecule has 1 fully saturated rings. The summed E-state index contributed by atoms with van der Waals surface area (Å²) in [5.74, 6) is 0.898. The molecule has 0 spiro atoms. The van der Waals surface area contributed by atoms with E-state index in [-0.39, 0.29) is 12.2 Å². The first-order chi connectivity index (χ1) is 9.15. The molecule has 0 aromatic heterocycles. The zero-order valence-electron chi connectivity index (χ0n) is 11.8. The van der Waals surface area contributed by atoms with E-state index in [1.54, 1.807) is 0 Å². The van der Waals surface area contributed by atoms with E-state index in [0.29, 0.717) is 6.04 Å². The van der Waals surface area contributed by atoms with Gasteiger partial charge in [-0.05, 0) is 54.0 Å². The summed E-state index contributed by atoms with van der Waals surface area (Å²) in [6.07, 6.45) is 1.29. The molecule has 0 heterocycles. The van der Waals surface area contributed by atoms with Crippen LogP contribution in [0.4, 0.5) is 0 Å². The minimum atomic E-state index is 0.142. The maximum atomic E-state index is 6.07. The molecule has 1 aliphatic carbocycles. The molecule has 3 atom stereocenters. The molecule has 0 amide bonds. The van der Waals surface area contributed by atoms with E-state index in [4.69, 9.17) is 9.47 Å². The Morgan fingerprint density at radius 1 is 1.37 bits per heavy atom. The van der Waals surface area contributed by atoms with Gasteiger partial charge in [0.15, 0.2) is 0 Å². The fourth-order valence-electron chi connectivity index (χ4n) is 2.44. The molecule has 0 aliphatic heterocycles. The lowest BCUT2D eigenvalue weighted by atomic mass is 9.85. The number of likely N-dealkylation sites (N-methyl/N-ethyl adjacent to an activating group) is 1. The third kappa shape index (κ3) is 3.50. The summed E-state index contributed by atoms with van der Waals surface area (Å²) in [5, 5.41) is 3.44. The van der Waals surface area contributed by atoms with E-state index in [9.17, 15) is 0 Å². The lowest BCUT2D eigenvalue weighted by Crippen LogP contribution is -2.61. The van der Waals surface area contributed by atoms with Crippen molar-refractivity contribution < 1.29 is 9.47 Å². The third-order valence-corrected chi connectivity index (χ3v) is 4.06. The van der Waals surface area contributed by atoms with E-state index in [1.807, 2.05) is 13.0 Å². The second-order valence-corrected chi connectivity index (χ2v) is 5.76. The first-order valence-electron chi connectivity index (χ1n) is 6.93. The van der Waals surface area contributed by atoms with Crippen LogP contribution in [0.15, 0.2) is 22.7 Å². The van der Waals surface area contributed by atoms with Gasteiger partial charge in [0.2, 0.25) is 0 Å². The Kier molecular flexibility index (Phi) is 5.25. The zero-order valence-corrected chi connectivity index (χ0v) is 13.4. The Labute approximate surface area is 123 Å². The predicted molar refractivity (Wildman–Crippen MR) is 80.8 cm³/mol. The standard InChI is InChI=1S/C15H22BrNO2/c1-4-17-12-9-14(15(12)18-5-2)19-13-7-6-10(3)8-11(13)16/h6-8,12,14-15,17H,4-5,9H2,1-3H3. The van der Waals surface area contributed by atoms with Crippen molar-refractivity contribution in [2.45, 2.75) is 45.4 Å². The Morgan fingerprint density at radius 2 is 2.16 bits per heavy atom. The molecule has 19 heavy (non-hydrogen) atoms. The summed E-state index contributed by atoms with van der Waals surface area (Å²) in [6.45, 7) is 7.91. The summed E-state index contributed by atoms with van der Waals surface area (Å²) in [6, 6.07) is 6.57. The van der Waals surface area contributed by atoms with Crippen LogP contribution in [0.2, 0.25) is 0 Å². The average molecular weight is 328 g/mol. The number of hydrogen-bond donors (Lipinski definition) is 1. The van der Waals surface area contributed by atoms with Gasteiger partial charge in [-0.1, -0.05) is 13.0 Å². The summed E-state index contributed by atoms with van der Waals surface area (Å²) in [4.78, 5) is 0. The van der Waals surface area contributed by atoms with Crippen molar-refractivity contribution in [2.24, 2.45) is 0 Å². The Morgan fingerprint density at radius 3 is 2.79 bits per heavy atom. The minimum absolute atomic E-state index is 0.142. The highest BCUT2D eigenvalue weighted by molar-refractivity contribution is 9.10. The van der Waals surface area contributed by atoms with Crippen LogP contribution in [0.3, 0.4) is 0 Å². The monoisotopic (exact) mass is 327 g/mol. The van der Waals surface area contributed by atoms with Crippen molar-refractivity contribution >= 4 is 15.9 Å². The molecule has 106 valence electrons. The highest BCUT2D eigenvalue weighted by Crippen LogP contribution is 2.33. The van der Waals surface area contributed by atoms with Crippen LogP contribution < -0.4 is 10.1 Å². The average Bonchev–Trinajstić information content (AvgIpc) is 2.37. The van der Waals surface area contributed by atoms with Crippen LogP contribution in [0, 0.1) is 6.92 Å². The number of aryl methyl sites for hydroxylation is 1. The van der Waals surface area contributed by atoms with E-state index < -0.39 is 0 Å². The van der Waals surface area contributed by atoms with Crippen molar-refractivity contribution in [2.75, 3.05) is 13.2 Å². The topological polar surface area (TPSA) is 30.5 Å².